The predicted molar refractivity (Wildman–Crippen MR) is 116 cm³/mol. The molecule has 3 aromatic rings. The molecule has 4 rings (SSSR count). The second-order valence-corrected chi connectivity index (χ2v) is 8.87. The van der Waals surface area contributed by atoms with Crippen LogP contribution >= 0.6 is 23.1 Å². The quantitative estimate of drug-likeness (QED) is 0.585. The van der Waals surface area contributed by atoms with Crippen molar-refractivity contribution in [1.29, 1.82) is 0 Å². The molecule has 1 aromatic carbocycles. The van der Waals surface area contributed by atoms with Crippen molar-refractivity contribution in [3.63, 3.8) is 0 Å². The molecule has 0 atom stereocenters. The zero-order chi connectivity index (χ0) is 20.9. The average molecular weight is 443 g/mol. The SMILES string of the molecule is Cc1noc(CSc2ccccc2C(=O)N2CCC(NC(=O)c3ccsc3)CC2)n1. The molecule has 156 valence electrons. The van der Waals surface area contributed by atoms with Crippen LogP contribution in [0.25, 0.3) is 0 Å². The number of piperidine rings is 1. The van der Waals surface area contributed by atoms with E-state index in [4.69, 9.17) is 4.52 Å². The fraction of sp³-hybridized carbons (Fsp3) is 0.333. The first kappa shape index (κ1) is 20.6. The van der Waals surface area contributed by atoms with Crippen molar-refractivity contribution in [3.8, 4) is 0 Å². The van der Waals surface area contributed by atoms with E-state index in [9.17, 15) is 9.59 Å². The van der Waals surface area contributed by atoms with Gasteiger partial charge in [-0.15, -0.1) is 11.8 Å². The second-order valence-electron chi connectivity index (χ2n) is 7.07. The summed E-state index contributed by atoms with van der Waals surface area (Å²) in [5, 5.41) is 10.6. The van der Waals surface area contributed by atoms with Crippen LogP contribution < -0.4 is 5.32 Å². The highest BCUT2D eigenvalue weighted by molar-refractivity contribution is 7.98. The number of aromatic nitrogens is 2. The Balaban J connectivity index is 1.34. The Kier molecular flexibility index (Phi) is 6.49. The van der Waals surface area contributed by atoms with Gasteiger partial charge in [-0.1, -0.05) is 17.3 Å². The Bertz CT molecular complexity index is 1010. The summed E-state index contributed by atoms with van der Waals surface area (Å²) in [7, 11) is 0. The highest BCUT2D eigenvalue weighted by Gasteiger charge is 2.26. The fourth-order valence-electron chi connectivity index (χ4n) is 3.37. The second kappa shape index (κ2) is 9.44. The third-order valence-electron chi connectivity index (χ3n) is 4.94. The number of nitrogens with one attached hydrogen (secondary N) is 1. The van der Waals surface area contributed by atoms with E-state index in [1.165, 1.54) is 23.1 Å². The summed E-state index contributed by atoms with van der Waals surface area (Å²) in [6, 6.07) is 9.50. The Morgan fingerprint density at radius 2 is 2.07 bits per heavy atom. The molecule has 2 aromatic heterocycles. The molecule has 0 unspecified atom stereocenters. The molecule has 0 bridgehead atoms. The van der Waals surface area contributed by atoms with Gasteiger partial charge in [-0.3, -0.25) is 9.59 Å². The van der Waals surface area contributed by atoms with Crippen LogP contribution in [0, 0.1) is 6.92 Å². The summed E-state index contributed by atoms with van der Waals surface area (Å²) in [6.07, 6.45) is 1.50. The first-order valence-electron chi connectivity index (χ1n) is 9.73. The number of aryl methyl sites for hydroxylation is 1. The van der Waals surface area contributed by atoms with E-state index in [1.807, 2.05) is 46.0 Å². The molecule has 1 aliphatic heterocycles. The highest BCUT2D eigenvalue weighted by Crippen LogP contribution is 2.27. The Morgan fingerprint density at radius 1 is 1.27 bits per heavy atom. The zero-order valence-corrected chi connectivity index (χ0v) is 18.2. The zero-order valence-electron chi connectivity index (χ0n) is 16.5. The van der Waals surface area contributed by atoms with Crippen LogP contribution in [-0.4, -0.2) is 46.0 Å². The average Bonchev–Trinajstić information content (AvgIpc) is 3.44. The normalized spacial score (nSPS) is 14.6. The van der Waals surface area contributed by atoms with Crippen molar-refractivity contribution in [2.24, 2.45) is 0 Å². The number of thiophene rings is 1. The lowest BCUT2D eigenvalue weighted by Gasteiger charge is -2.32. The third-order valence-corrected chi connectivity index (χ3v) is 6.68. The highest BCUT2D eigenvalue weighted by atomic mass is 32.2. The van der Waals surface area contributed by atoms with Gasteiger partial charge in [0.25, 0.3) is 11.8 Å². The summed E-state index contributed by atoms with van der Waals surface area (Å²) in [6.45, 7) is 3.02. The number of hydrogen-bond donors (Lipinski definition) is 1. The minimum atomic E-state index is -0.0426. The summed E-state index contributed by atoms with van der Waals surface area (Å²) in [5.74, 6) is 1.63. The van der Waals surface area contributed by atoms with Crippen LogP contribution in [0.3, 0.4) is 0 Å². The monoisotopic (exact) mass is 442 g/mol. The predicted octanol–water partition coefficient (Wildman–Crippen LogP) is 3.77. The molecule has 0 saturated carbocycles. The van der Waals surface area contributed by atoms with Gasteiger partial charge in [0.05, 0.1) is 11.3 Å². The van der Waals surface area contributed by atoms with E-state index in [0.717, 1.165) is 17.7 Å². The summed E-state index contributed by atoms with van der Waals surface area (Å²) < 4.78 is 5.16. The molecule has 9 heteroatoms. The molecule has 2 amide bonds. The maximum atomic E-state index is 13.1. The lowest BCUT2D eigenvalue weighted by atomic mass is 10.0. The smallest absolute Gasteiger partial charge is 0.254 e. The van der Waals surface area contributed by atoms with E-state index in [0.29, 0.717) is 41.7 Å². The van der Waals surface area contributed by atoms with Gasteiger partial charge in [0.1, 0.15) is 0 Å². The molecule has 1 saturated heterocycles. The number of thioether (sulfide) groups is 1. The van der Waals surface area contributed by atoms with E-state index in [-0.39, 0.29) is 17.9 Å². The maximum Gasteiger partial charge on any atom is 0.254 e. The minimum absolute atomic E-state index is 0.0161. The summed E-state index contributed by atoms with van der Waals surface area (Å²) in [4.78, 5) is 32.3. The van der Waals surface area contributed by atoms with Crippen LogP contribution in [0.1, 0.15) is 45.3 Å². The van der Waals surface area contributed by atoms with Gasteiger partial charge in [-0.05, 0) is 43.3 Å². The largest absolute Gasteiger partial charge is 0.349 e. The number of rotatable bonds is 6. The molecular formula is C21H22N4O3S2. The molecule has 1 N–H and O–H groups in total. The number of carbonyl (C=O) groups is 2. The van der Waals surface area contributed by atoms with Crippen molar-refractivity contribution < 1.29 is 14.1 Å². The molecule has 1 aliphatic rings. The molecule has 30 heavy (non-hydrogen) atoms. The first-order valence-corrected chi connectivity index (χ1v) is 11.7. The van der Waals surface area contributed by atoms with Crippen molar-refractivity contribution in [1.82, 2.24) is 20.4 Å². The van der Waals surface area contributed by atoms with Gasteiger partial charge in [0.15, 0.2) is 5.82 Å². The first-order chi connectivity index (χ1) is 14.6. The number of hydrogen-bond acceptors (Lipinski definition) is 7. The van der Waals surface area contributed by atoms with Crippen LogP contribution in [0.5, 0.6) is 0 Å². The molecule has 0 aliphatic carbocycles. The van der Waals surface area contributed by atoms with E-state index >= 15 is 0 Å². The van der Waals surface area contributed by atoms with Gasteiger partial charge < -0.3 is 14.7 Å². The molecule has 0 spiro atoms. The minimum Gasteiger partial charge on any atom is -0.349 e. The van der Waals surface area contributed by atoms with Crippen molar-refractivity contribution in [2.75, 3.05) is 13.1 Å². The molecular weight excluding hydrogens is 420 g/mol. The van der Waals surface area contributed by atoms with E-state index in [1.54, 1.807) is 6.92 Å². The van der Waals surface area contributed by atoms with Gasteiger partial charge in [-0.25, -0.2) is 0 Å². The Hall–Kier alpha value is -2.65. The topological polar surface area (TPSA) is 88.3 Å². The summed E-state index contributed by atoms with van der Waals surface area (Å²) in [5.41, 5.74) is 1.38. The van der Waals surface area contributed by atoms with Crippen LogP contribution in [0.2, 0.25) is 0 Å². The van der Waals surface area contributed by atoms with Crippen molar-refractivity contribution in [2.45, 2.75) is 36.5 Å². The number of nitrogens with zero attached hydrogens (tertiary/aromatic N) is 3. The van der Waals surface area contributed by atoms with Crippen LogP contribution in [0.15, 0.2) is 50.5 Å². The van der Waals surface area contributed by atoms with E-state index < -0.39 is 0 Å². The van der Waals surface area contributed by atoms with Gasteiger partial charge in [0.2, 0.25) is 5.89 Å². The number of benzene rings is 1. The van der Waals surface area contributed by atoms with Gasteiger partial charge in [0, 0.05) is 35.0 Å². The third kappa shape index (κ3) is 4.91. The maximum absolute atomic E-state index is 13.1. The van der Waals surface area contributed by atoms with E-state index in [2.05, 4.69) is 15.5 Å². The Labute approximate surface area is 182 Å². The van der Waals surface area contributed by atoms with Crippen molar-refractivity contribution >= 4 is 34.9 Å². The molecule has 0 radical (unpaired) electrons. The van der Waals surface area contributed by atoms with Crippen molar-refractivity contribution in [3.05, 3.63) is 63.9 Å². The lowest BCUT2D eigenvalue weighted by molar-refractivity contribution is 0.0694. The number of likely N-dealkylation sites (tertiary alicyclic amines) is 1. The summed E-state index contributed by atoms with van der Waals surface area (Å²) >= 11 is 3.02. The fourth-order valence-corrected chi connectivity index (χ4v) is 4.88. The lowest BCUT2D eigenvalue weighted by Crippen LogP contribution is -2.46. The molecule has 1 fully saturated rings. The van der Waals surface area contributed by atoms with Crippen LogP contribution in [-0.2, 0) is 5.75 Å². The Morgan fingerprint density at radius 3 is 2.77 bits per heavy atom. The molecule has 3 heterocycles. The number of amides is 2. The number of carbonyl (C=O) groups excluding carboxylic acids is 2. The molecule has 7 nitrogen and oxygen atoms in total. The van der Waals surface area contributed by atoms with Gasteiger partial charge in [-0.2, -0.15) is 16.3 Å². The standard InChI is InChI=1S/C21H22N4O3S2/c1-14-22-19(28-24-14)13-30-18-5-3-2-4-17(18)21(27)25-9-6-16(7-10-25)23-20(26)15-8-11-29-12-15/h2-5,8,11-12,16H,6-7,9-10,13H2,1H3,(H,23,26). The van der Waals surface area contributed by atoms with Gasteiger partial charge >= 0.3 is 0 Å². The van der Waals surface area contributed by atoms with Crippen LogP contribution in [0.4, 0.5) is 0 Å².